The zero-order chi connectivity index (χ0) is 19.2. The lowest BCUT2D eigenvalue weighted by atomic mass is 9.71. The van der Waals surface area contributed by atoms with Crippen LogP contribution in [0.25, 0.3) is 0 Å². The second kappa shape index (κ2) is 6.35. The largest absolute Gasteiger partial charge is 0.454 e. The number of halogens is 2. The van der Waals surface area contributed by atoms with Crippen LogP contribution in [0.2, 0.25) is 0 Å². The standard InChI is InChI=1S/C19H22F2N2O4/c1-2-22-7-3-6-18(17(22)25)9-19(20,21)11-23(10-18)16(24)13-4-5-14-15(8-13)27-12-26-14/h4-5,8H,2-3,6-7,9-12H2,1H3. The topological polar surface area (TPSA) is 59.1 Å². The molecule has 2 saturated heterocycles. The van der Waals surface area contributed by atoms with Crippen molar-refractivity contribution in [1.29, 1.82) is 0 Å². The molecule has 0 N–H and O–H groups in total. The molecule has 1 atom stereocenters. The zero-order valence-corrected chi connectivity index (χ0v) is 15.2. The van der Waals surface area contributed by atoms with Crippen LogP contribution in [0.4, 0.5) is 8.78 Å². The molecule has 6 nitrogen and oxygen atoms in total. The maximum absolute atomic E-state index is 14.6. The Hall–Kier alpha value is -2.38. The summed E-state index contributed by atoms with van der Waals surface area (Å²) in [7, 11) is 0. The van der Waals surface area contributed by atoms with Crippen LogP contribution < -0.4 is 9.47 Å². The number of rotatable bonds is 2. The Balaban J connectivity index is 1.62. The molecule has 3 aliphatic heterocycles. The average molecular weight is 380 g/mol. The first-order valence-corrected chi connectivity index (χ1v) is 9.20. The van der Waals surface area contributed by atoms with Crippen molar-refractivity contribution < 1.29 is 27.8 Å². The van der Waals surface area contributed by atoms with E-state index in [0.29, 0.717) is 37.4 Å². The number of likely N-dealkylation sites (tertiary alicyclic amines) is 2. The monoisotopic (exact) mass is 380 g/mol. The van der Waals surface area contributed by atoms with Crippen molar-refractivity contribution in [2.45, 2.75) is 32.1 Å². The first kappa shape index (κ1) is 18.0. The molecule has 1 aromatic carbocycles. The van der Waals surface area contributed by atoms with Crippen molar-refractivity contribution >= 4 is 11.8 Å². The van der Waals surface area contributed by atoms with E-state index in [2.05, 4.69) is 0 Å². The van der Waals surface area contributed by atoms with Gasteiger partial charge < -0.3 is 19.3 Å². The van der Waals surface area contributed by atoms with Gasteiger partial charge in [-0.1, -0.05) is 0 Å². The molecule has 0 bridgehead atoms. The molecule has 0 aliphatic carbocycles. The highest BCUT2D eigenvalue weighted by Crippen LogP contribution is 2.45. The van der Waals surface area contributed by atoms with Crippen molar-refractivity contribution in [2.24, 2.45) is 5.41 Å². The first-order valence-electron chi connectivity index (χ1n) is 9.20. The summed E-state index contributed by atoms with van der Waals surface area (Å²) in [6, 6.07) is 4.64. The first-order chi connectivity index (χ1) is 12.8. The molecule has 146 valence electrons. The zero-order valence-electron chi connectivity index (χ0n) is 15.2. The summed E-state index contributed by atoms with van der Waals surface area (Å²) in [6.45, 7) is 2.32. The third kappa shape index (κ3) is 3.11. The van der Waals surface area contributed by atoms with E-state index in [1.165, 1.54) is 12.1 Å². The molecule has 0 saturated carbocycles. The number of benzene rings is 1. The maximum atomic E-state index is 14.6. The van der Waals surface area contributed by atoms with E-state index < -0.39 is 30.2 Å². The Morgan fingerprint density at radius 2 is 2.00 bits per heavy atom. The van der Waals surface area contributed by atoms with Gasteiger partial charge in [-0.05, 0) is 38.0 Å². The molecule has 3 heterocycles. The van der Waals surface area contributed by atoms with Gasteiger partial charge in [-0.3, -0.25) is 9.59 Å². The summed E-state index contributed by atoms with van der Waals surface area (Å²) < 4.78 is 39.6. The van der Waals surface area contributed by atoms with Gasteiger partial charge in [0.15, 0.2) is 11.5 Å². The number of alkyl halides is 2. The Kier molecular flexibility index (Phi) is 4.24. The van der Waals surface area contributed by atoms with Crippen LogP contribution in [-0.4, -0.2) is 60.5 Å². The van der Waals surface area contributed by atoms with E-state index in [0.717, 1.165) is 4.90 Å². The van der Waals surface area contributed by atoms with Gasteiger partial charge in [-0.25, -0.2) is 8.78 Å². The van der Waals surface area contributed by atoms with Crippen LogP contribution >= 0.6 is 0 Å². The van der Waals surface area contributed by atoms with Gasteiger partial charge in [0.2, 0.25) is 12.7 Å². The Labute approximate surface area is 156 Å². The average Bonchev–Trinajstić information content (AvgIpc) is 3.10. The highest BCUT2D eigenvalue weighted by Gasteiger charge is 2.56. The summed E-state index contributed by atoms with van der Waals surface area (Å²) in [6.07, 6.45) is 0.546. The molecular weight excluding hydrogens is 358 g/mol. The number of fused-ring (bicyclic) bond motifs is 1. The van der Waals surface area contributed by atoms with Crippen LogP contribution in [-0.2, 0) is 4.79 Å². The van der Waals surface area contributed by atoms with Gasteiger partial charge in [0.25, 0.3) is 11.8 Å². The Morgan fingerprint density at radius 3 is 2.78 bits per heavy atom. The number of hydrogen-bond donors (Lipinski definition) is 0. The minimum absolute atomic E-state index is 0.0190. The van der Waals surface area contributed by atoms with Crippen molar-refractivity contribution in [3.8, 4) is 11.5 Å². The van der Waals surface area contributed by atoms with Gasteiger partial charge >= 0.3 is 0 Å². The van der Waals surface area contributed by atoms with Crippen molar-refractivity contribution in [1.82, 2.24) is 9.80 Å². The van der Waals surface area contributed by atoms with Crippen molar-refractivity contribution in [3.05, 3.63) is 23.8 Å². The minimum Gasteiger partial charge on any atom is -0.454 e. The van der Waals surface area contributed by atoms with E-state index in [-0.39, 0.29) is 24.8 Å². The fourth-order valence-electron chi connectivity index (χ4n) is 4.43. The number of ether oxygens (including phenoxy) is 2. The quantitative estimate of drug-likeness (QED) is 0.791. The number of nitrogens with zero attached hydrogens (tertiary/aromatic N) is 2. The highest BCUT2D eigenvalue weighted by molar-refractivity contribution is 5.96. The predicted molar refractivity (Wildman–Crippen MR) is 92.0 cm³/mol. The van der Waals surface area contributed by atoms with E-state index in [4.69, 9.17) is 9.47 Å². The van der Waals surface area contributed by atoms with Crippen LogP contribution in [0.3, 0.4) is 0 Å². The van der Waals surface area contributed by atoms with Crippen LogP contribution in [0, 0.1) is 5.41 Å². The molecule has 4 rings (SSSR count). The lowest BCUT2D eigenvalue weighted by Gasteiger charge is -2.49. The van der Waals surface area contributed by atoms with E-state index in [1.54, 1.807) is 11.0 Å². The lowest BCUT2D eigenvalue weighted by molar-refractivity contribution is -0.165. The summed E-state index contributed by atoms with van der Waals surface area (Å²) in [4.78, 5) is 28.6. The van der Waals surface area contributed by atoms with E-state index in [1.807, 2.05) is 6.92 Å². The number of amides is 2. The molecule has 3 aliphatic rings. The van der Waals surface area contributed by atoms with Crippen LogP contribution in [0.1, 0.15) is 36.5 Å². The van der Waals surface area contributed by atoms with Gasteiger partial charge in [0.1, 0.15) is 0 Å². The van der Waals surface area contributed by atoms with Crippen LogP contribution in [0.15, 0.2) is 18.2 Å². The molecule has 1 unspecified atom stereocenters. The maximum Gasteiger partial charge on any atom is 0.266 e. The SMILES string of the molecule is CCN1CCCC2(CN(C(=O)c3ccc4c(c3)OCO4)CC(F)(F)C2)C1=O. The molecule has 27 heavy (non-hydrogen) atoms. The normalized spacial score (nSPS) is 26.6. The van der Waals surface area contributed by atoms with Gasteiger partial charge in [-0.15, -0.1) is 0 Å². The molecule has 1 spiro atoms. The Morgan fingerprint density at radius 1 is 1.22 bits per heavy atom. The van der Waals surface area contributed by atoms with Gasteiger partial charge in [0, 0.05) is 31.6 Å². The summed E-state index contributed by atoms with van der Waals surface area (Å²) in [5.74, 6) is -2.94. The Bertz CT molecular complexity index is 785. The van der Waals surface area contributed by atoms with Crippen molar-refractivity contribution in [3.63, 3.8) is 0 Å². The molecule has 0 radical (unpaired) electrons. The van der Waals surface area contributed by atoms with E-state index in [9.17, 15) is 18.4 Å². The number of piperidine rings is 2. The minimum atomic E-state index is -3.10. The summed E-state index contributed by atoms with van der Waals surface area (Å²) >= 11 is 0. The van der Waals surface area contributed by atoms with Crippen LogP contribution in [0.5, 0.6) is 11.5 Å². The van der Waals surface area contributed by atoms with E-state index >= 15 is 0 Å². The molecule has 2 amide bonds. The molecule has 0 aromatic heterocycles. The molecular formula is C19H22F2N2O4. The number of hydrogen-bond acceptors (Lipinski definition) is 4. The molecule has 1 aromatic rings. The van der Waals surface area contributed by atoms with Gasteiger partial charge in [0.05, 0.1) is 12.0 Å². The number of carbonyl (C=O) groups excluding carboxylic acids is 2. The lowest BCUT2D eigenvalue weighted by Crippen LogP contribution is -2.61. The second-order valence-corrected chi connectivity index (χ2v) is 7.53. The number of carbonyl (C=O) groups is 2. The summed E-state index contributed by atoms with van der Waals surface area (Å²) in [5.41, 5.74) is -0.954. The summed E-state index contributed by atoms with van der Waals surface area (Å²) in [5, 5.41) is 0. The van der Waals surface area contributed by atoms with Gasteiger partial charge in [-0.2, -0.15) is 0 Å². The predicted octanol–water partition coefficient (Wildman–Crippen LogP) is 2.53. The molecule has 2 fully saturated rings. The third-order valence-electron chi connectivity index (χ3n) is 5.63. The molecule has 8 heteroatoms. The fourth-order valence-corrected chi connectivity index (χ4v) is 4.43. The third-order valence-corrected chi connectivity index (χ3v) is 5.63. The smallest absolute Gasteiger partial charge is 0.266 e. The highest BCUT2D eigenvalue weighted by atomic mass is 19.3. The van der Waals surface area contributed by atoms with Crippen molar-refractivity contribution in [2.75, 3.05) is 33.0 Å². The second-order valence-electron chi connectivity index (χ2n) is 7.53. The fraction of sp³-hybridized carbons (Fsp3) is 0.579.